The van der Waals surface area contributed by atoms with Crippen molar-refractivity contribution in [1.29, 1.82) is 0 Å². The Bertz CT molecular complexity index is 203. The summed E-state index contributed by atoms with van der Waals surface area (Å²) in [5.41, 5.74) is -0.146. The smallest absolute Gasteiger partial charge is 0.115 e. The van der Waals surface area contributed by atoms with Crippen LogP contribution in [0.4, 0.5) is 8.78 Å². The van der Waals surface area contributed by atoms with Crippen molar-refractivity contribution in [3.63, 3.8) is 0 Å². The van der Waals surface area contributed by atoms with E-state index in [1.165, 1.54) is 0 Å². The van der Waals surface area contributed by atoms with Crippen LogP contribution in [-0.4, -0.2) is 35.9 Å². The first kappa shape index (κ1) is 10.3. The third kappa shape index (κ3) is 1.67. The molecular weight excluding hydrogens is 184 g/mol. The Labute approximate surface area is 84.5 Å². The van der Waals surface area contributed by atoms with E-state index < -0.39 is 12.3 Å². The Kier molecular flexibility index (Phi) is 2.54. The van der Waals surface area contributed by atoms with Gasteiger partial charge in [0.25, 0.3) is 0 Å². The van der Waals surface area contributed by atoms with Gasteiger partial charge in [0.2, 0.25) is 0 Å². The first-order chi connectivity index (χ1) is 6.52. The van der Waals surface area contributed by atoms with Gasteiger partial charge in [-0.1, -0.05) is 13.8 Å². The van der Waals surface area contributed by atoms with Gasteiger partial charge in [-0.3, -0.25) is 4.90 Å². The number of alkyl halides is 2. The first-order valence-corrected chi connectivity index (χ1v) is 5.55. The summed E-state index contributed by atoms with van der Waals surface area (Å²) >= 11 is 0. The average molecular weight is 203 g/mol. The molecule has 3 heteroatoms. The molecule has 14 heavy (non-hydrogen) atoms. The predicted octanol–water partition coefficient (Wildman–Crippen LogP) is 2.56. The number of nitrogens with zero attached hydrogens (tertiary/aromatic N) is 1. The maximum atomic E-state index is 13.3. The molecule has 2 saturated heterocycles. The summed E-state index contributed by atoms with van der Waals surface area (Å²) in [6.45, 7) is 5.16. The van der Waals surface area contributed by atoms with Gasteiger partial charge in [0.1, 0.15) is 12.3 Å². The van der Waals surface area contributed by atoms with Crippen LogP contribution in [0, 0.1) is 5.92 Å². The SMILES string of the molecule is CC(C)CC12CC(F)CN1C[C@H](F)C2. The van der Waals surface area contributed by atoms with Crippen molar-refractivity contribution in [3.8, 4) is 0 Å². The Hall–Kier alpha value is -0.180. The molecule has 0 radical (unpaired) electrons. The highest BCUT2D eigenvalue weighted by Gasteiger charge is 2.52. The van der Waals surface area contributed by atoms with Gasteiger partial charge >= 0.3 is 0 Å². The van der Waals surface area contributed by atoms with Crippen molar-refractivity contribution in [2.24, 2.45) is 5.92 Å². The van der Waals surface area contributed by atoms with Gasteiger partial charge < -0.3 is 0 Å². The molecule has 2 aliphatic heterocycles. The standard InChI is InChI=1S/C11H19F2N/c1-8(2)3-11-4-9(12)6-14(11)7-10(13)5-11/h8-10H,3-7H2,1-2H3/t9-,10?,11?/m1/s1. The van der Waals surface area contributed by atoms with E-state index in [1.807, 2.05) is 4.90 Å². The molecule has 0 aromatic heterocycles. The van der Waals surface area contributed by atoms with Gasteiger partial charge in [-0.2, -0.15) is 0 Å². The zero-order chi connectivity index (χ0) is 10.3. The predicted molar refractivity (Wildman–Crippen MR) is 52.8 cm³/mol. The maximum Gasteiger partial charge on any atom is 0.115 e. The summed E-state index contributed by atoms with van der Waals surface area (Å²) in [5.74, 6) is 0.521. The molecule has 0 aliphatic carbocycles. The molecule has 0 spiro atoms. The second-order valence-electron chi connectivity index (χ2n) is 5.33. The van der Waals surface area contributed by atoms with Crippen LogP contribution < -0.4 is 0 Å². The average Bonchev–Trinajstić information content (AvgIpc) is 2.36. The molecule has 0 bridgehead atoms. The summed E-state index contributed by atoms with van der Waals surface area (Å²) in [7, 11) is 0. The van der Waals surface area contributed by atoms with Crippen molar-refractivity contribution in [1.82, 2.24) is 4.90 Å². The van der Waals surface area contributed by atoms with Gasteiger partial charge in [0.05, 0.1) is 0 Å². The highest BCUT2D eigenvalue weighted by Crippen LogP contribution is 2.44. The summed E-state index contributed by atoms with van der Waals surface area (Å²) in [4.78, 5) is 2.04. The van der Waals surface area contributed by atoms with Crippen LogP contribution in [0.5, 0.6) is 0 Å². The minimum Gasteiger partial charge on any atom is -0.292 e. The molecule has 0 saturated carbocycles. The Morgan fingerprint density at radius 1 is 1.21 bits per heavy atom. The van der Waals surface area contributed by atoms with Crippen LogP contribution in [0.15, 0.2) is 0 Å². The van der Waals surface area contributed by atoms with Gasteiger partial charge in [0.15, 0.2) is 0 Å². The van der Waals surface area contributed by atoms with E-state index in [1.54, 1.807) is 0 Å². The third-order valence-electron chi connectivity index (χ3n) is 3.50. The molecule has 2 heterocycles. The van der Waals surface area contributed by atoms with Crippen LogP contribution in [0.25, 0.3) is 0 Å². The van der Waals surface area contributed by atoms with Gasteiger partial charge in [0, 0.05) is 18.6 Å². The second-order valence-corrected chi connectivity index (χ2v) is 5.33. The largest absolute Gasteiger partial charge is 0.292 e. The molecule has 1 nitrogen and oxygen atoms in total. The molecule has 0 N–H and O–H groups in total. The quantitative estimate of drug-likeness (QED) is 0.666. The lowest BCUT2D eigenvalue weighted by atomic mass is 9.84. The van der Waals surface area contributed by atoms with E-state index in [0.717, 1.165) is 6.42 Å². The van der Waals surface area contributed by atoms with Crippen LogP contribution in [0.1, 0.15) is 33.1 Å². The Morgan fingerprint density at radius 2 is 1.71 bits per heavy atom. The van der Waals surface area contributed by atoms with Crippen molar-refractivity contribution in [3.05, 3.63) is 0 Å². The van der Waals surface area contributed by atoms with E-state index in [4.69, 9.17) is 0 Å². The van der Waals surface area contributed by atoms with E-state index in [0.29, 0.717) is 31.8 Å². The van der Waals surface area contributed by atoms with Crippen molar-refractivity contribution in [2.75, 3.05) is 13.1 Å². The second kappa shape index (κ2) is 3.44. The normalized spacial score (nSPS) is 43.5. The third-order valence-corrected chi connectivity index (χ3v) is 3.50. The minimum absolute atomic E-state index is 0.146. The van der Waals surface area contributed by atoms with Gasteiger partial charge in [-0.25, -0.2) is 8.78 Å². The molecule has 2 unspecified atom stereocenters. The van der Waals surface area contributed by atoms with Crippen molar-refractivity contribution in [2.45, 2.75) is 51.0 Å². The summed E-state index contributed by atoms with van der Waals surface area (Å²) in [6, 6.07) is 0. The number of hydrogen-bond acceptors (Lipinski definition) is 1. The monoisotopic (exact) mass is 203 g/mol. The van der Waals surface area contributed by atoms with Crippen molar-refractivity contribution < 1.29 is 8.78 Å². The summed E-state index contributed by atoms with van der Waals surface area (Å²) < 4.78 is 26.6. The number of halogens is 2. The lowest BCUT2D eigenvalue weighted by Gasteiger charge is -2.32. The van der Waals surface area contributed by atoms with Crippen LogP contribution in [0.3, 0.4) is 0 Å². The van der Waals surface area contributed by atoms with Crippen LogP contribution >= 0.6 is 0 Å². The van der Waals surface area contributed by atoms with E-state index in [2.05, 4.69) is 13.8 Å². The molecular formula is C11H19F2N. The maximum absolute atomic E-state index is 13.3. The number of fused-ring (bicyclic) bond motifs is 1. The molecule has 0 aromatic carbocycles. The zero-order valence-corrected chi connectivity index (χ0v) is 8.97. The molecule has 0 amide bonds. The van der Waals surface area contributed by atoms with E-state index in [9.17, 15) is 8.78 Å². The molecule has 2 aliphatic rings. The highest BCUT2D eigenvalue weighted by molar-refractivity contribution is 5.06. The Morgan fingerprint density at radius 3 is 2.14 bits per heavy atom. The van der Waals surface area contributed by atoms with Crippen LogP contribution in [0.2, 0.25) is 0 Å². The fourth-order valence-electron chi connectivity index (χ4n) is 3.29. The van der Waals surface area contributed by atoms with Gasteiger partial charge in [-0.05, 0) is 25.2 Å². The molecule has 3 atom stereocenters. The highest BCUT2D eigenvalue weighted by atomic mass is 19.1. The molecule has 82 valence electrons. The minimum atomic E-state index is -0.735. The topological polar surface area (TPSA) is 3.24 Å². The fourth-order valence-corrected chi connectivity index (χ4v) is 3.29. The summed E-state index contributed by atoms with van der Waals surface area (Å²) in [5, 5.41) is 0. The molecule has 2 rings (SSSR count). The molecule has 2 fully saturated rings. The lowest BCUT2D eigenvalue weighted by Crippen LogP contribution is -2.39. The lowest BCUT2D eigenvalue weighted by molar-refractivity contribution is 0.163. The number of hydrogen-bond donors (Lipinski definition) is 0. The fraction of sp³-hybridized carbons (Fsp3) is 1.00. The first-order valence-electron chi connectivity index (χ1n) is 5.55. The van der Waals surface area contributed by atoms with E-state index in [-0.39, 0.29) is 5.54 Å². The summed E-state index contributed by atoms with van der Waals surface area (Å²) in [6.07, 6.45) is 0.563. The number of rotatable bonds is 2. The van der Waals surface area contributed by atoms with E-state index >= 15 is 0 Å². The van der Waals surface area contributed by atoms with Crippen LogP contribution in [-0.2, 0) is 0 Å². The van der Waals surface area contributed by atoms with Crippen molar-refractivity contribution >= 4 is 0 Å². The molecule has 0 aromatic rings. The zero-order valence-electron chi connectivity index (χ0n) is 8.97. The Balaban J connectivity index is 2.12. The van der Waals surface area contributed by atoms with Gasteiger partial charge in [-0.15, -0.1) is 0 Å².